The molecule has 0 saturated heterocycles. The molecule has 3 aromatic carbocycles. The van der Waals surface area contributed by atoms with Crippen molar-refractivity contribution in [3.63, 3.8) is 0 Å². The number of hydrogen-bond acceptors (Lipinski definition) is 2. The molecule has 0 saturated carbocycles. The van der Waals surface area contributed by atoms with Gasteiger partial charge in [-0.3, -0.25) is 0 Å². The summed E-state index contributed by atoms with van der Waals surface area (Å²) in [5.41, 5.74) is 3.64. The fourth-order valence-corrected chi connectivity index (χ4v) is 25.4. The molecule has 0 amide bonds. The maximum atomic E-state index is 14.6. The van der Waals surface area contributed by atoms with Gasteiger partial charge in [0, 0.05) is 0 Å². The molecule has 0 atom stereocenters. The van der Waals surface area contributed by atoms with Crippen LogP contribution in [0.5, 0.6) is 0 Å². The van der Waals surface area contributed by atoms with Crippen molar-refractivity contribution in [2.24, 2.45) is 0 Å². The molecule has 6 heteroatoms. The van der Waals surface area contributed by atoms with E-state index in [-0.39, 0.29) is 0 Å². The van der Waals surface area contributed by atoms with Crippen molar-refractivity contribution in [3.8, 4) is 11.3 Å². The molecule has 4 rings (SSSR count). The number of halogens is 1. The second-order valence-corrected chi connectivity index (χ2v) is 26.2. The van der Waals surface area contributed by atoms with Crippen LogP contribution >= 0.6 is 11.6 Å². The molecule has 0 aliphatic heterocycles. The van der Waals surface area contributed by atoms with E-state index >= 15 is 0 Å². The van der Waals surface area contributed by atoms with Gasteiger partial charge in [0.05, 0.1) is 0 Å². The van der Waals surface area contributed by atoms with Gasteiger partial charge in [-0.15, -0.1) is 0 Å². The Hall–Kier alpha value is -1.76. The average molecular weight is 671 g/mol. The first-order valence-corrected chi connectivity index (χ1v) is 23.8. The Labute approximate surface area is 244 Å². The fourth-order valence-electron chi connectivity index (χ4n) is 5.99. The number of nitrogens with zero attached hydrogens (tertiary/aromatic N) is 1. The van der Waals surface area contributed by atoms with E-state index in [1.165, 1.54) is 36.2 Å². The zero-order valence-electron chi connectivity index (χ0n) is 23.8. The third-order valence-corrected chi connectivity index (χ3v) is 25.7. The van der Waals surface area contributed by atoms with Gasteiger partial charge in [-0.1, -0.05) is 0 Å². The molecule has 0 aliphatic rings. The van der Waals surface area contributed by atoms with E-state index in [9.17, 15) is 8.42 Å². The molecule has 0 bridgehead atoms. The average Bonchev–Trinajstić information content (AvgIpc) is 3.29. The van der Waals surface area contributed by atoms with Crippen molar-refractivity contribution in [3.05, 3.63) is 83.4 Å². The van der Waals surface area contributed by atoms with Crippen molar-refractivity contribution in [2.75, 3.05) is 0 Å². The molecule has 0 unspecified atom stereocenters. The number of fused-ring (bicyclic) bond motifs is 1. The molecule has 1 aromatic heterocycles. The summed E-state index contributed by atoms with van der Waals surface area (Å²) in [5.74, 6) is 0. The van der Waals surface area contributed by atoms with Crippen LogP contribution in [0.3, 0.4) is 0 Å². The van der Waals surface area contributed by atoms with E-state index in [0.29, 0.717) is 9.92 Å². The topological polar surface area (TPSA) is 39.1 Å². The third kappa shape index (κ3) is 6.28. The maximum absolute atomic E-state index is 14.6. The molecule has 0 aliphatic carbocycles. The van der Waals surface area contributed by atoms with Gasteiger partial charge < -0.3 is 0 Å². The quantitative estimate of drug-likeness (QED) is 0.133. The van der Waals surface area contributed by atoms with Crippen LogP contribution in [0.2, 0.25) is 18.3 Å². The molecule has 3 nitrogen and oxygen atoms in total. The summed E-state index contributed by atoms with van der Waals surface area (Å²) in [4.78, 5) is 0.320. The Morgan fingerprint density at radius 1 is 0.769 bits per heavy atom. The molecule has 39 heavy (non-hydrogen) atoms. The van der Waals surface area contributed by atoms with E-state index in [1.807, 2.05) is 49.4 Å². The van der Waals surface area contributed by atoms with Crippen molar-refractivity contribution in [1.82, 2.24) is 3.97 Å². The summed E-state index contributed by atoms with van der Waals surface area (Å²) in [7, 11) is -3.87. The summed E-state index contributed by atoms with van der Waals surface area (Å²) in [5, 5.41) is 1.71. The van der Waals surface area contributed by atoms with Crippen LogP contribution in [0, 0.1) is 6.92 Å². The molecule has 0 fully saturated rings. The van der Waals surface area contributed by atoms with Crippen molar-refractivity contribution in [2.45, 2.75) is 84.4 Å². The SMILES string of the molecule is CCC[CH2][Sn]([CH2]CCC)([CH2]CCC)[c]1c(-c2ccccc2)n(S(=O)(=O)c2ccc(C)cc2)c2ccc(Cl)cc12. The first kappa shape index (κ1) is 30.2. The standard InChI is InChI=1S/C21H15ClNO2S.3C4H9.Sn/c1-15-7-10-19(11-8-15)26(24,25)23-20-12-9-18(22)13-17(20)14-21(23)16-5-3-2-4-6-16;3*1-3-4-2;/h2-13H,1H3;3*1,3-4H2,2H3;. The number of rotatable bonds is 13. The Morgan fingerprint density at radius 3 is 1.87 bits per heavy atom. The van der Waals surface area contributed by atoms with Crippen LogP contribution in [-0.4, -0.2) is 30.8 Å². The van der Waals surface area contributed by atoms with E-state index in [2.05, 4.69) is 39.0 Å². The van der Waals surface area contributed by atoms with Crippen LogP contribution in [0.15, 0.2) is 77.7 Å². The van der Waals surface area contributed by atoms with Crippen molar-refractivity contribution < 1.29 is 8.42 Å². The summed E-state index contributed by atoms with van der Waals surface area (Å²) in [6, 6.07) is 23.3. The van der Waals surface area contributed by atoms with E-state index in [1.54, 1.807) is 16.1 Å². The molecular weight excluding hydrogens is 629 g/mol. The molecule has 0 radical (unpaired) electrons. The van der Waals surface area contributed by atoms with Gasteiger partial charge in [-0.25, -0.2) is 0 Å². The zero-order chi connectivity index (χ0) is 28.0. The van der Waals surface area contributed by atoms with Gasteiger partial charge >= 0.3 is 246 Å². The normalized spacial score (nSPS) is 12.3. The van der Waals surface area contributed by atoms with Gasteiger partial charge in [0.2, 0.25) is 0 Å². The molecular formula is C33H42ClNO2SSn. The summed E-state index contributed by atoms with van der Waals surface area (Å²) < 4.78 is 35.9. The van der Waals surface area contributed by atoms with Gasteiger partial charge in [0.15, 0.2) is 0 Å². The minimum absolute atomic E-state index is 0.320. The predicted octanol–water partition coefficient (Wildman–Crippen LogP) is 9.56. The van der Waals surface area contributed by atoms with Crippen molar-refractivity contribution in [1.29, 1.82) is 0 Å². The third-order valence-electron chi connectivity index (χ3n) is 8.05. The van der Waals surface area contributed by atoms with Gasteiger partial charge in [-0.05, 0) is 0 Å². The Kier molecular flexibility index (Phi) is 10.3. The van der Waals surface area contributed by atoms with Crippen LogP contribution < -0.4 is 3.58 Å². The predicted molar refractivity (Wildman–Crippen MR) is 171 cm³/mol. The second-order valence-electron chi connectivity index (χ2n) is 10.9. The number of benzene rings is 3. The van der Waals surface area contributed by atoms with Crippen LogP contribution in [0.4, 0.5) is 0 Å². The number of hydrogen-bond donors (Lipinski definition) is 0. The first-order valence-electron chi connectivity index (χ1n) is 14.5. The summed E-state index contributed by atoms with van der Waals surface area (Å²) in [6.45, 7) is 8.80. The first-order chi connectivity index (χ1) is 18.8. The van der Waals surface area contributed by atoms with E-state index in [4.69, 9.17) is 11.6 Å². The van der Waals surface area contributed by atoms with E-state index < -0.39 is 28.4 Å². The van der Waals surface area contributed by atoms with Gasteiger partial charge in [0.25, 0.3) is 0 Å². The fraction of sp³-hybridized carbons (Fsp3) is 0.394. The van der Waals surface area contributed by atoms with Crippen molar-refractivity contribution >= 4 is 54.5 Å². The molecule has 1 heterocycles. The zero-order valence-corrected chi connectivity index (χ0v) is 28.3. The Bertz CT molecular complexity index is 1470. The number of aromatic nitrogens is 1. The Morgan fingerprint density at radius 2 is 1.33 bits per heavy atom. The molecule has 0 spiro atoms. The number of aryl methyl sites for hydroxylation is 1. The molecule has 208 valence electrons. The molecule has 0 N–H and O–H groups in total. The monoisotopic (exact) mass is 671 g/mol. The van der Waals surface area contributed by atoms with Gasteiger partial charge in [-0.2, -0.15) is 0 Å². The molecule has 4 aromatic rings. The van der Waals surface area contributed by atoms with Crippen LogP contribution in [0.25, 0.3) is 22.2 Å². The van der Waals surface area contributed by atoms with Gasteiger partial charge in [0.1, 0.15) is 0 Å². The Balaban J connectivity index is 2.19. The summed E-state index contributed by atoms with van der Waals surface area (Å²) in [6.07, 6.45) is 7.02. The van der Waals surface area contributed by atoms with E-state index in [0.717, 1.165) is 47.0 Å². The number of unbranched alkanes of at least 4 members (excludes halogenated alkanes) is 3. The second kappa shape index (κ2) is 13.3. The van der Waals surface area contributed by atoms with Crippen LogP contribution in [-0.2, 0) is 10.0 Å². The van der Waals surface area contributed by atoms with Crippen LogP contribution in [0.1, 0.15) is 64.9 Å². The summed E-state index contributed by atoms with van der Waals surface area (Å²) >= 11 is 3.48. The minimum atomic E-state index is -3.87.